The van der Waals surface area contributed by atoms with Gasteiger partial charge in [0, 0.05) is 12.2 Å². The van der Waals surface area contributed by atoms with E-state index in [2.05, 4.69) is 4.72 Å². The minimum Gasteiger partial charge on any atom is -0.508 e. The number of anilines is 1. The molecule has 0 aromatic heterocycles. The quantitative estimate of drug-likeness (QED) is 0.728. The molecule has 0 bridgehead atoms. The van der Waals surface area contributed by atoms with E-state index >= 15 is 0 Å². The van der Waals surface area contributed by atoms with E-state index in [9.17, 15) is 13.5 Å². The smallest absolute Gasteiger partial charge is 0.240 e. The Hall–Kier alpha value is -2.05. The Kier molecular flexibility index (Phi) is 4.26. The number of benzene rings is 2. The summed E-state index contributed by atoms with van der Waals surface area (Å²) in [4.78, 5) is 0.183. The monoisotopic (exact) mass is 292 g/mol. The molecule has 0 saturated heterocycles. The Morgan fingerprint density at radius 2 is 1.80 bits per heavy atom. The number of phenolic OH excluding ortho intramolecular Hbond substituents is 1. The number of rotatable bonds is 5. The summed E-state index contributed by atoms with van der Waals surface area (Å²) >= 11 is 0. The van der Waals surface area contributed by atoms with E-state index in [-0.39, 0.29) is 17.2 Å². The lowest BCUT2D eigenvalue weighted by Gasteiger charge is -2.07. The molecule has 0 saturated carbocycles. The lowest BCUT2D eigenvalue weighted by atomic mass is 10.1. The zero-order valence-corrected chi connectivity index (χ0v) is 11.6. The third-order valence-corrected chi connectivity index (χ3v) is 4.28. The van der Waals surface area contributed by atoms with Gasteiger partial charge in [-0.1, -0.05) is 12.1 Å². The van der Waals surface area contributed by atoms with Crippen LogP contribution in [-0.2, 0) is 16.4 Å². The van der Waals surface area contributed by atoms with Gasteiger partial charge in [-0.2, -0.15) is 0 Å². The highest BCUT2D eigenvalue weighted by molar-refractivity contribution is 7.89. The van der Waals surface area contributed by atoms with Crippen molar-refractivity contribution in [1.29, 1.82) is 0 Å². The Balaban J connectivity index is 1.98. The van der Waals surface area contributed by atoms with Gasteiger partial charge in [-0.3, -0.25) is 0 Å². The molecule has 0 atom stereocenters. The van der Waals surface area contributed by atoms with Crippen molar-refractivity contribution in [2.45, 2.75) is 11.3 Å². The maximum atomic E-state index is 12.0. The van der Waals surface area contributed by atoms with Crippen LogP contribution in [0, 0.1) is 0 Å². The predicted molar refractivity (Wildman–Crippen MR) is 77.9 cm³/mol. The third-order valence-electron chi connectivity index (χ3n) is 2.81. The molecule has 0 aliphatic heterocycles. The fourth-order valence-electron chi connectivity index (χ4n) is 1.77. The number of phenols is 1. The molecular weight excluding hydrogens is 276 g/mol. The Labute approximate surface area is 118 Å². The maximum absolute atomic E-state index is 12.0. The van der Waals surface area contributed by atoms with Crippen LogP contribution in [0.25, 0.3) is 0 Å². The second-order valence-corrected chi connectivity index (χ2v) is 6.15. The van der Waals surface area contributed by atoms with E-state index in [1.54, 1.807) is 30.3 Å². The summed E-state index contributed by atoms with van der Waals surface area (Å²) in [6.07, 6.45) is 0.503. The van der Waals surface area contributed by atoms with Crippen LogP contribution in [0.2, 0.25) is 0 Å². The average molecular weight is 292 g/mol. The molecule has 0 aliphatic carbocycles. The van der Waals surface area contributed by atoms with Crippen molar-refractivity contribution in [3.05, 3.63) is 54.1 Å². The highest BCUT2D eigenvalue weighted by Gasteiger charge is 2.12. The van der Waals surface area contributed by atoms with Gasteiger partial charge in [-0.25, -0.2) is 13.1 Å². The van der Waals surface area contributed by atoms with Crippen molar-refractivity contribution in [2.75, 3.05) is 12.3 Å². The van der Waals surface area contributed by atoms with Gasteiger partial charge in [-0.15, -0.1) is 0 Å². The molecule has 2 aromatic carbocycles. The number of nitrogens with two attached hydrogens (primary N) is 1. The van der Waals surface area contributed by atoms with Crippen LogP contribution in [0.15, 0.2) is 53.4 Å². The second kappa shape index (κ2) is 5.94. The maximum Gasteiger partial charge on any atom is 0.240 e. The molecule has 0 heterocycles. The molecule has 0 amide bonds. The summed E-state index contributed by atoms with van der Waals surface area (Å²) in [6, 6.07) is 12.8. The van der Waals surface area contributed by atoms with Crippen molar-refractivity contribution < 1.29 is 13.5 Å². The van der Waals surface area contributed by atoms with Crippen molar-refractivity contribution in [2.24, 2.45) is 0 Å². The van der Waals surface area contributed by atoms with Crippen LogP contribution in [0.5, 0.6) is 5.75 Å². The normalized spacial score (nSPS) is 11.4. The van der Waals surface area contributed by atoms with Crippen molar-refractivity contribution >= 4 is 15.7 Å². The molecule has 20 heavy (non-hydrogen) atoms. The minimum absolute atomic E-state index is 0.170. The van der Waals surface area contributed by atoms with Gasteiger partial charge < -0.3 is 10.8 Å². The number of nitrogen functional groups attached to an aromatic ring is 1. The molecule has 106 valence electrons. The van der Waals surface area contributed by atoms with E-state index in [4.69, 9.17) is 5.73 Å². The Bertz CT molecular complexity index is 682. The number of aromatic hydroxyl groups is 1. The van der Waals surface area contributed by atoms with Gasteiger partial charge in [-0.05, 0) is 48.4 Å². The molecule has 0 aliphatic rings. The molecule has 4 N–H and O–H groups in total. The van der Waals surface area contributed by atoms with Crippen LogP contribution in [0.1, 0.15) is 5.56 Å². The van der Waals surface area contributed by atoms with Crippen LogP contribution >= 0.6 is 0 Å². The topological polar surface area (TPSA) is 92.4 Å². The molecule has 5 nitrogen and oxygen atoms in total. The Morgan fingerprint density at radius 3 is 2.45 bits per heavy atom. The van der Waals surface area contributed by atoms with E-state index in [1.807, 2.05) is 6.07 Å². The van der Waals surface area contributed by atoms with Crippen LogP contribution in [0.4, 0.5) is 5.69 Å². The SMILES string of the molecule is Nc1ccc(S(=O)(=O)NCCc2cccc(O)c2)cc1. The zero-order chi connectivity index (χ0) is 14.6. The standard InChI is InChI=1S/C14H16N2O3S/c15-12-4-6-14(7-5-12)20(18,19)16-9-8-11-2-1-3-13(17)10-11/h1-7,10,16-17H,8-9,15H2. The molecule has 2 aromatic rings. The second-order valence-electron chi connectivity index (χ2n) is 4.39. The van der Waals surface area contributed by atoms with Crippen molar-refractivity contribution in [1.82, 2.24) is 4.72 Å². The van der Waals surface area contributed by atoms with E-state index in [0.29, 0.717) is 12.1 Å². The fraction of sp³-hybridized carbons (Fsp3) is 0.143. The number of sulfonamides is 1. The van der Waals surface area contributed by atoms with E-state index < -0.39 is 10.0 Å². The molecule has 6 heteroatoms. The molecule has 0 radical (unpaired) electrons. The van der Waals surface area contributed by atoms with Gasteiger partial charge in [0.15, 0.2) is 0 Å². The molecular formula is C14H16N2O3S. The number of hydrogen-bond acceptors (Lipinski definition) is 4. The molecule has 2 rings (SSSR count). The lowest BCUT2D eigenvalue weighted by molar-refractivity contribution is 0.474. The van der Waals surface area contributed by atoms with Crippen molar-refractivity contribution in [3.8, 4) is 5.75 Å². The van der Waals surface area contributed by atoms with Crippen LogP contribution in [-0.4, -0.2) is 20.1 Å². The summed E-state index contributed by atoms with van der Waals surface area (Å²) in [7, 11) is -3.53. The predicted octanol–water partition coefficient (Wildman–Crippen LogP) is 1.50. The van der Waals surface area contributed by atoms with Gasteiger partial charge in [0.1, 0.15) is 5.75 Å². The zero-order valence-electron chi connectivity index (χ0n) is 10.8. The van der Waals surface area contributed by atoms with Crippen LogP contribution in [0.3, 0.4) is 0 Å². The summed E-state index contributed by atoms with van der Waals surface area (Å²) in [5.74, 6) is 0.170. The largest absolute Gasteiger partial charge is 0.508 e. The molecule has 0 spiro atoms. The van der Waals surface area contributed by atoms with Gasteiger partial charge in [0.25, 0.3) is 0 Å². The number of nitrogens with one attached hydrogen (secondary N) is 1. The van der Waals surface area contributed by atoms with Gasteiger partial charge >= 0.3 is 0 Å². The first-order valence-corrected chi connectivity index (χ1v) is 7.59. The number of hydrogen-bond donors (Lipinski definition) is 3. The van der Waals surface area contributed by atoms with Crippen molar-refractivity contribution in [3.63, 3.8) is 0 Å². The van der Waals surface area contributed by atoms with E-state index in [1.165, 1.54) is 12.1 Å². The summed E-state index contributed by atoms with van der Waals surface area (Å²) in [6.45, 7) is 0.260. The first-order chi connectivity index (χ1) is 9.47. The van der Waals surface area contributed by atoms with Gasteiger partial charge in [0.2, 0.25) is 10.0 Å². The summed E-state index contributed by atoms with van der Waals surface area (Å²) in [5.41, 5.74) is 6.90. The first-order valence-electron chi connectivity index (χ1n) is 6.10. The summed E-state index contributed by atoms with van der Waals surface area (Å²) < 4.78 is 26.5. The van der Waals surface area contributed by atoms with E-state index in [0.717, 1.165) is 5.56 Å². The first kappa shape index (κ1) is 14.4. The summed E-state index contributed by atoms with van der Waals surface area (Å²) in [5, 5.41) is 9.33. The third kappa shape index (κ3) is 3.72. The lowest BCUT2D eigenvalue weighted by Crippen LogP contribution is -2.25. The molecule has 0 unspecified atom stereocenters. The average Bonchev–Trinajstić information content (AvgIpc) is 2.39. The molecule has 0 fully saturated rings. The van der Waals surface area contributed by atoms with Crippen LogP contribution < -0.4 is 10.5 Å². The highest BCUT2D eigenvalue weighted by atomic mass is 32.2. The van der Waals surface area contributed by atoms with Gasteiger partial charge in [0.05, 0.1) is 4.90 Å². The highest BCUT2D eigenvalue weighted by Crippen LogP contribution is 2.13. The fourth-order valence-corrected chi connectivity index (χ4v) is 2.80. The Morgan fingerprint density at radius 1 is 1.10 bits per heavy atom. The minimum atomic E-state index is -3.53.